The third-order valence-corrected chi connectivity index (χ3v) is 3.73. The van der Waals surface area contributed by atoms with E-state index in [0.29, 0.717) is 6.61 Å². The van der Waals surface area contributed by atoms with Crippen LogP contribution in [0.5, 0.6) is 5.75 Å². The minimum atomic E-state index is 0.623. The van der Waals surface area contributed by atoms with Crippen LogP contribution < -0.4 is 4.74 Å². The topological polar surface area (TPSA) is 12.5 Å². The van der Waals surface area contributed by atoms with Crippen molar-refractivity contribution in [3.63, 3.8) is 0 Å². The van der Waals surface area contributed by atoms with Gasteiger partial charge in [0, 0.05) is 12.1 Å². The second-order valence-corrected chi connectivity index (χ2v) is 5.58. The summed E-state index contributed by atoms with van der Waals surface area (Å²) in [6.45, 7) is 1.66. The van der Waals surface area contributed by atoms with Crippen LogP contribution in [-0.2, 0) is 6.61 Å². The second-order valence-electron chi connectivity index (χ2n) is 5.58. The Labute approximate surface area is 126 Å². The van der Waals surface area contributed by atoms with Crippen molar-refractivity contribution in [3.05, 3.63) is 71.3 Å². The number of hydrogen-bond acceptors (Lipinski definition) is 2. The first-order valence-corrected chi connectivity index (χ1v) is 7.32. The minimum absolute atomic E-state index is 0.623. The molecule has 0 amide bonds. The number of hydrogen-bond donors (Lipinski definition) is 0. The summed E-state index contributed by atoms with van der Waals surface area (Å²) in [6.07, 6.45) is 3.34. The SMILES string of the molecule is CN(C)CCC=C1c2ccccc2COc2cc[c]cc21. The Morgan fingerprint density at radius 1 is 1.19 bits per heavy atom. The lowest BCUT2D eigenvalue weighted by Gasteiger charge is -2.12. The molecule has 1 aliphatic rings. The highest BCUT2D eigenvalue weighted by molar-refractivity contribution is 5.84. The van der Waals surface area contributed by atoms with Gasteiger partial charge in [0.05, 0.1) is 0 Å². The fourth-order valence-corrected chi connectivity index (χ4v) is 2.65. The van der Waals surface area contributed by atoms with Gasteiger partial charge in [-0.05, 0) is 55.4 Å². The second kappa shape index (κ2) is 6.15. The highest BCUT2D eigenvalue weighted by Crippen LogP contribution is 2.36. The quantitative estimate of drug-likeness (QED) is 0.847. The van der Waals surface area contributed by atoms with Crippen molar-refractivity contribution < 1.29 is 4.74 Å². The van der Waals surface area contributed by atoms with Crippen LogP contribution >= 0.6 is 0 Å². The highest BCUT2D eigenvalue weighted by Gasteiger charge is 2.17. The van der Waals surface area contributed by atoms with Gasteiger partial charge >= 0.3 is 0 Å². The predicted octanol–water partition coefficient (Wildman–Crippen LogP) is 3.76. The molecular weight excluding hydrogens is 258 g/mol. The summed E-state index contributed by atoms with van der Waals surface area (Å²) < 4.78 is 5.96. The summed E-state index contributed by atoms with van der Waals surface area (Å²) in [5, 5.41) is 0. The molecule has 21 heavy (non-hydrogen) atoms. The Balaban J connectivity index is 2.07. The van der Waals surface area contributed by atoms with Crippen molar-refractivity contribution in [2.75, 3.05) is 20.6 Å². The van der Waals surface area contributed by atoms with Gasteiger partial charge in [0.15, 0.2) is 0 Å². The van der Waals surface area contributed by atoms with Gasteiger partial charge in [0.2, 0.25) is 0 Å². The maximum atomic E-state index is 5.96. The minimum Gasteiger partial charge on any atom is -0.488 e. The lowest BCUT2D eigenvalue weighted by molar-refractivity contribution is 0.307. The monoisotopic (exact) mass is 278 g/mol. The van der Waals surface area contributed by atoms with Crippen LogP contribution in [0, 0.1) is 6.07 Å². The zero-order chi connectivity index (χ0) is 14.7. The smallest absolute Gasteiger partial charge is 0.127 e. The van der Waals surface area contributed by atoms with Crippen molar-refractivity contribution in [1.29, 1.82) is 0 Å². The molecule has 0 fully saturated rings. The number of rotatable bonds is 3. The van der Waals surface area contributed by atoms with Gasteiger partial charge < -0.3 is 9.64 Å². The molecule has 3 rings (SSSR count). The van der Waals surface area contributed by atoms with E-state index in [-0.39, 0.29) is 0 Å². The summed E-state index contributed by atoms with van der Waals surface area (Å²) in [5.74, 6) is 0.945. The van der Waals surface area contributed by atoms with Gasteiger partial charge in [-0.1, -0.05) is 36.4 Å². The van der Waals surface area contributed by atoms with E-state index in [2.05, 4.69) is 55.4 Å². The zero-order valence-electron chi connectivity index (χ0n) is 12.6. The first kappa shape index (κ1) is 13.9. The Morgan fingerprint density at radius 3 is 2.90 bits per heavy atom. The standard InChI is InChI=1S/C19H20NO/c1-20(2)13-7-11-17-16-9-4-3-8-15(16)14-21-19-12-6-5-10-18(17)19/h3-4,6,8-12H,7,13-14H2,1-2H3. The van der Waals surface area contributed by atoms with Crippen molar-refractivity contribution in [1.82, 2.24) is 4.90 Å². The molecule has 2 aromatic carbocycles. The Hall–Kier alpha value is -2.06. The Morgan fingerprint density at radius 2 is 2.05 bits per heavy atom. The van der Waals surface area contributed by atoms with E-state index in [0.717, 1.165) is 24.3 Å². The van der Waals surface area contributed by atoms with Crippen LogP contribution in [0.4, 0.5) is 0 Å². The molecular formula is C19H20NO. The summed E-state index contributed by atoms with van der Waals surface area (Å²) in [6, 6.07) is 17.6. The lowest BCUT2D eigenvalue weighted by Crippen LogP contribution is -2.12. The van der Waals surface area contributed by atoms with E-state index >= 15 is 0 Å². The van der Waals surface area contributed by atoms with Gasteiger partial charge in [0.25, 0.3) is 0 Å². The van der Waals surface area contributed by atoms with Crippen LogP contribution in [0.25, 0.3) is 5.57 Å². The van der Waals surface area contributed by atoms with Gasteiger partial charge in [-0.25, -0.2) is 0 Å². The average Bonchev–Trinajstić information content (AvgIpc) is 2.65. The predicted molar refractivity (Wildman–Crippen MR) is 86.3 cm³/mol. The molecule has 0 atom stereocenters. The number of nitrogens with zero attached hydrogens (tertiary/aromatic N) is 1. The molecule has 0 N–H and O–H groups in total. The van der Waals surface area contributed by atoms with Gasteiger partial charge in [0.1, 0.15) is 12.4 Å². The van der Waals surface area contributed by atoms with Crippen molar-refractivity contribution in [2.45, 2.75) is 13.0 Å². The number of ether oxygens (including phenoxy) is 1. The Kier molecular flexibility index (Phi) is 4.07. The number of fused-ring (bicyclic) bond motifs is 2. The van der Waals surface area contributed by atoms with Crippen molar-refractivity contribution in [3.8, 4) is 5.75 Å². The molecule has 1 heterocycles. The number of benzene rings is 2. The molecule has 0 bridgehead atoms. The lowest BCUT2D eigenvalue weighted by atomic mass is 9.93. The first-order chi connectivity index (χ1) is 10.3. The van der Waals surface area contributed by atoms with Gasteiger partial charge in [-0.3, -0.25) is 0 Å². The summed E-state index contributed by atoms with van der Waals surface area (Å²) in [5.41, 5.74) is 4.91. The fraction of sp³-hybridized carbons (Fsp3) is 0.263. The molecule has 0 aromatic heterocycles. The first-order valence-electron chi connectivity index (χ1n) is 7.32. The molecule has 0 spiro atoms. The maximum absolute atomic E-state index is 5.96. The molecule has 0 saturated heterocycles. The zero-order valence-corrected chi connectivity index (χ0v) is 12.6. The molecule has 2 nitrogen and oxygen atoms in total. The third-order valence-electron chi connectivity index (χ3n) is 3.73. The molecule has 2 aromatic rings. The van der Waals surface area contributed by atoms with E-state index in [1.54, 1.807) is 0 Å². The van der Waals surface area contributed by atoms with E-state index in [4.69, 9.17) is 4.74 Å². The van der Waals surface area contributed by atoms with E-state index in [1.807, 2.05) is 18.2 Å². The van der Waals surface area contributed by atoms with Crippen LogP contribution in [0.1, 0.15) is 23.1 Å². The van der Waals surface area contributed by atoms with Crippen LogP contribution in [0.3, 0.4) is 0 Å². The van der Waals surface area contributed by atoms with Crippen LogP contribution in [0.15, 0.2) is 48.5 Å². The van der Waals surface area contributed by atoms with Crippen molar-refractivity contribution >= 4 is 5.57 Å². The molecule has 107 valence electrons. The molecule has 2 heteroatoms. The third kappa shape index (κ3) is 3.01. The van der Waals surface area contributed by atoms with E-state index in [1.165, 1.54) is 16.7 Å². The maximum Gasteiger partial charge on any atom is 0.127 e. The normalized spacial score (nSPS) is 15.3. The largest absolute Gasteiger partial charge is 0.488 e. The average molecular weight is 278 g/mol. The highest BCUT2D eigenvalue weighted by atomic mass is 16.5. The molecule has 0 aliphatic carbocycles. The fourth-order valence-electron chi connectivity index (χ4n) is 2.65. The molecule has 1 radical (unpaired) electrons. The summed E-state index contributed by atoms with van der Waals surface area (Å²) in [4.78, 5) is 2.20. The molecule has 0 unspecified atom stereocenters. The summed E-state index contributed by atoms with van der Waals surface area (Å²) >= 11 is 0. The molecule has 1 aliphatic heterocycles. The van der Waals surface area contributed by atoms with Gasteiger partial charge in [-0.15, -0.1) is 0 Å². The van der Waals surface area contributed by atoms with Crippen molar-refractivity contribution in [2.24, 2.45) is 0 Å². The van der Waals surface area contributed by atoms with Gasteiger partial charge in [-0.2, -0.15) is 0 Å². The Bertz CT molecular complexity index is 609. The van der Waals surface area contributed by atoms with Crippen LogP contribution in [0.2, 0.25) is 0 Å². The van der Waals surface area contributed by atoms with E-state index < -0.39 is 0 Å². The molecule has 0 saturated carbocycles. The van der Waals surface area contributed by atoms with E-state index in [9.17, 15) is 0 Å². The van der Waals surface area contributed by atoms with Crippen LogP contribution in [-0.4, -0.2) is 25.5 Å². The summed E-state index contributed by atoms with van der Waals surface area (Å²) in [7, 11) is 4.20.